The minimum Gasteiger partial charge on any atom is -0.385 e. The molecule has 0 spiro atoms. The molecule has 0 aliphatic rings. The predicted octanol–water partition coefficient (Wildman–Crippen LogP) is 2.50. The fourth-order valence-electron chi connectivity index (χ4n) is 1.93. The van der Waals surface area contributed by atoms with Crippen LogP contribution < -0.4 is 5.32 Å². The molecule has 0 saturated heterocycles. The number of aromatic nitrogens is 2. The van der Waals surface area contributed by atoms with Crippen molar-refractivity contribution in [3.8, 4) is 0 Å². The summed E-state index contributed by atoms with van der Waals surface area (Å²) < 4.78 is 5.16. The summed E-state index contributed by atoms with van der Waals surface area (Å²) in [6.45, 7) is 8.14. The van der Waals surface area contributed by atoms with Crippen LogP contribution in [0.25, 0.3) is 0 Å². The second kappa shape index (κ2) is 8.16. The second-order valence-electron chi connectivity index (χ2n) is 4.77. The van der Waals surface area contributed by atoms with Crippen molar-refractivity contribution in [1.29, 1.82) is 0 Å². The van der Waals surface area contributed by atoms with Crippen LogP contribution in [-0.2, 0) is 4.74 Å². The van der Waals surface area contributed by atoms with Crippen LogP contribution in [0.15, 0.2) is 12.4 Å². The molecule has 0 saturated carbocycles. The van der Waals surface area contributed by atoms with Gasteiger partial charge in [0.2, 0.25) is 0 Å². The van der Waals surface area contributed by atoms with Crippen LogP contribution in [0.2, 0.25) is 0 Å². The molecule has 0 fully saturated rings. The van der Waals surface area contributed by atoms with Crippen molar-refractivity contribution in [3.63, 3.8) is 0 Å². The first-order chi connectivity index (χ1) is 8.69. The van der Waals surface area contributed by atoms with Crippen molar-refractivity contribution in [1.82, 2.24) is 15.3 Å². The predicted molar refractivity (Wildman–Crippen MR) is 73.5 cm³/mol. The van der Waals surface area contributed by atoms with Crippen molar-refractivity contribution >= 4 is 0 Å². The van der Waals surface area contributed by atoms with Gasteiger partial charge in [-0.05, 0) is 32.2 Å². The largest absolute Gasteiger partial charge is 0.385 e. The number of nitrogens with one attached hydrogen (secondary N) is 1. The van der Waals surface area contributed by atoms with Crippen LogP contribution in [0.3, 0.4) is 0 Å². The second-order valence-corrected chi connectivity index (χ2v) is 4.77. The summed E-state index contributed by atoms with van der Waals surface area (Å²) in [5.74, 6) is 0.480. The van der Waals surface area contributed by atoms with Gasteiger partial charge >= 0.3 is 0 Å². The Kier molecular flexibility index (Phi) is 6.83. The molecule has 4 nitrogen and oxygen atoms in total. The normalized spacial score (nSPS) is 14.4. The molecule has 0 radical (unpaired) electrons. The third-order valence-corrected chi connectivity index (χ3v) is 3.08. The number of methoxy groups -OCH3 is 1. The summed E-state index contributed by atoms with van der Waals surface area (Å²) in [5.41, 5.74) is 1.98. The minimum absolute atomic E-state index is 0.258. The van der Waals surface area contributed by atoms with Crippen LogP contribution >= 0.6 is 0 Å². The molecule has 1 rings (SSSR count). The molecule has 18 heavy (non-hydrogen) atoms. The maximum atomic E-state index is 5.16. The first-order valence-electron chi connectivity index (χ1n) is 6.69. The van der Waals surface area contributed by atoms with Gasteiger partial charge in [0.25, 0.3) is 0 Å². The molecule has 1 aromatic rings. The zero-order valence-electron chi connectivity index (χ0n) is 11.9. The Morgan fingerprint density at radius 1 is 1.33 bits per heavy atom. The number of hydrogen-bond donors (Lipinski definition) is 1. The monoisotopic (exact) mass is 251 g/mol. The molecule has 1 aromatic heterocycles. The van der Waals surface area contributed by atoms with Gasteiger partial charge in [0.05, 0.1) is 23.6 Å². The molecule has 102 valence electrons. The summed E-state index contributed by atoms with van der Waals surface area (Å²) in [7, 11) is 1.74. The lowest BCUT2D eigenvalue weighted by atomic mass is 9.96. The number of rotatable bonds is 8. The van der Waals surface area contributed by atoms with E-state index in [0.29, 0.717) is 5.92 Å². The molecular formula is C14H25N3O. The van der Waals surface area contributed by atoms with E-state index in [2.05, 4.69) is 29.1 Å². The van der Waals surface area contributed by atoms with E-state index in [0.717, 1.165) is 37.4 Å². The maximum absolute atomic E-state index is 5.16. The van der Waals surface area contributed by atoms with E-state index in [9.17, 15) is 0 Å². The van der Waals surface area contributed by atoms with Gasteiger partial charge in [0, 0.05) is 19.9 Å². The van der Waals surface area contributed by atoms with E-state index in [4.69, 9.17) is 4.74 Å². The first-order valence-corrected chi connectivity index (χ1v) is 6.69. The standard InChI is InChI=1S/C14H25N3O/c1-5-7-15-14(11(2)6-8-18-4)13-10-16-12(3)9-17-13/h9-11,14-15H,5-8H2,1-4H3. The highest BCUT2D eigenvalue weighted by molar-refractivity contribution is 5.07. The van der Waals surface area contributed by atoms with Gasteiger partial charge in [-0.2, -0.15) is 0 Å². The van der Waals surface area contributed by atoms with Crippen LogP contribution in [0.5, 0.6) is 0 Å². The average Bonchev–Trinajstić information content (AvgIpc) is 2.38. The molecule has 0 aromatic carbocycles. The van der Waals surface area contributed by atoms with E-state index in [-0.39, 0.29) is 6.04 Å². The Labute approximate surface area is 110 Å². The molecule has 2 unspecified atom stereocenters. The molecule has 2 atom stereocenters. The van der Waals surface area contributed by atoms with Crippen LogP contribution in [0, 0.1) is 12.8 Å². The molecule has 1 heterocycles. The van der Waals surface area contributed by atoms with Crippen molar-refractivity contribution in [2.45, 2.75) is 39.7 Å². The lowest BCUT2D eigenvalue weighted by Crippen LogP contribution is -2.29. The molecular weight excluding hydrogens is 226 g/mol. The molecule has 4 heteroatoms. The Balaban J connectivity index is 2.73. The van der Waals surface area contributed by atoms with Gasteiger partial charge in [-0.1, -0.05) is 13.8 Å². The molecule has 1 N–H and O–H groups in total. The summed E-state index contributed by atoms with van der Waals surface area (Å²) in [6.07, 6.45) is 5.85. The highest BCUT2D eigenvalue weighted by Crippen LogP contribution is 2.22. The van der Waals surface area contributed by atoms with E-state index in [1.807, 2.05) is 19.3 Å². The van der Waals surface area contributed by atoms with E-state index in [1.165, 1.54) is 0 Å². The van der Waals surface area contributed by atoms with E-state index >= 15 is 0 Å². The Hall–Kier alpha value is -1.00. The topological polar surface area (TPSA) is 47.0 Å². The van der Waals surface area contributed by atoms with E-state index in [1.54, 1.807) is 7.11 Å². The molecule has 0 amide bonds. The number of ether oxygens (including phenoxy) is 1. The lowest BCUT2D eigenvalue weighted by Gasteiger charge is -2.24. The zero-order valence-corrected chi connectivity index (χ0v) is 11.9. The van der Waals surface area contributed by atoms with Crippen LogP contribution in [0.1, 0.15) is 44.1 Å². The fraction of sp³-hybridized carbons (Fsp3) is 0.714. The minimum atomic E-state index is 0.258. The van der Waals surface area contributed by atoms with Crippen LogP contribution in [-0.4, -0.2) is 30.2 Å². The maximum Gasteiger partial charge on any atom is 0.0759 e. The zero-order chi connectivity index (χ0) is 13.4. The quantitative estimate of drug-likeness (QED) is 0.771. The van der Waals surface area contributed by atoms with E-state index < -0.39 is 0 Å². The average molecular weight is 251 g/mol. The summed E-state index contributed by atoms with van der Waals surface area (Å²) >= 11 is 0. The van der Waals surface area contributed by atoms with Crippen molar-refractivity contribution in [3.05, 3.63) is 23.8 Å². The van der Waals surface area contributed by atoms with Gasteiger partial charge < -0.3 is 10.1 Å². The molecule has 0 bridgehead atoms. The Morgan fingerprint density at radius 3 is 2.67 bits per heavy atom. The summed E-state index contributed by atoms with van der Waals surface area (Å²) in [5, 5.41) is 3.56. The fourth-order valence-corrected chi connectivity index (χ4v) is 1.93. The smallest absolute Gasteiger partial charge is 0.0759 e. The molecule has 0 aliphatic heterocycles. The Morgan fingerprint density at radius 2 is 2.11 bits per heavy atom. The van der Waals surface area contributed by atoms with Crippen LogP contribution in [0.4, 0.5) is 0 Å². The lowest BCUT2D eigenvalue weighted by molar-refractivity contribution is 0.169. The summed E-state index contributed by atoms with van der Waals surface area (Å²) in [4.78, 5) is 8.83. The van der Waals surface area contributed by atoms with Crippen molar-refractivity contribution in [2.24, 2.45) is 5.92 Å². The van der Waals surface area contributed by atoms with Gasteiger partial charge in [-0.25, -0.2) is 0 Å². The SMILES string of the molecule is CCCNC(c1cnc(C)cn1)C(C)CCOC. The summed E-state index contributed by atoms with van der Waals surface area (Å²) in [6, 6.07) is 0.258. The van der Waals surface area contributed by atoms with Gasteiger partial charge in [-0.15, -0.1) is 0 Å². The van der Waals surface area contributed by atoms with Gasteiger partial charge in [-0.3, -0.25) is 9.97 Å². The Bertz CT molecular complexity index is 326. The first kappa shape index (κ1) is 15.1. The van der Waals surface area contributed by atoms with Gasteiger partial charge in [0.15, 0.2) is 0 Å². The van der Waals surface area contributed by atoms with Crippen molar-refractivity contribution in [2.75, 3.05) is 20.3 Å². The number of nitrogens with zero attached hydrogens (tertiary/aromatic N) is 2. The number of hydrogen-bond acceptors (Lipinski definition) is 4. The third-order valence-electron chi connectivity index (χ3n) is 3.08. The highest BCUT2D eigenvalue weighted by Gasteiger charge is 2.19. The molecule has 0 aliphatic carbocycles. The highest BCUT2D eigenvalue weighted by atomic mass is 16.5. The van der Waals surface area contributed by atoms with Gasteiger partial charge in [0.1, 0.15) is 0 Å². The third kappa shape index (κ3) is 4.70. The van der Waals surface area contributed by atoms with Crippen molar-refractivity contribution < 1.29 is 4.74 Å². The number of aryl methyl sites for hydroxylation is 1.